The lowest BCUT2D eigenvalue weighted by Crippen LogP contribution is -2.06. The highest BCUT2D eigenvalue weighted by Crippen LogP contribution is 2.18. The average molecular weight is 221 g/mol. The van der Waals surface area contributed by atoms with E-state index in [-0.39, 0.29) is 11.4 Å². The number of carboxylic acids is 1. The van der Waals surface area contributed by atoms with Crippen LogP contribution in [0, 0.1) is 0 Å². The smallest absolute Gasteiger partial charge is 0.356 e. The molecule has 0 aliphatic rings. The minimum atomic E-state index is -1.12. The Morgan fingerprint density at radius 3 is 2.94 bits per heavy atom. The molecule has 0 amide bonds. The van der Waals surface area contributed by atoms with Crippen molar-refractivity contribution in [2.75, 3.05) is 6.54 Å². The van der Waals surface area contributed by atoms with Crippen LogP contribution < -0.4 is 5.73 Å². The molecule has 0 fully saturated rings. The van der Waals surface area contributed by atoms with Crippen LogP contribution in [0.5, 0.6) is 5.75 Å². The summed E-state index contributed by atoms with van der Waals surface area (Å²) in [4.78, 5) is 14.9. The van der Waals surface area contributed by atoms with Crippen LogP contribution in [0.3, 0.4) is 0 Å². The Labute approximate surface area is 91.0 Å². The van der Waals surface area contributed by atoms with Gasteiger partial charge in [0.2, 0.25) is 0 Å². The number of hydrogen-bond acceptors (Lipinski definition) is 4. The number of nitrogens with two attached hydrogens (primary N) is 1. The Morgan fingerprint density at radius 1 is 1.56 bits per heavy atom. The van der Waals surface area contributed by atoms with Crippen molar-refractivity contribution in [3.8, 4) is 5.75 Å². The fourth-order valence-corrected chi connectivity index (χ4v) is 1.60. The van der Waals surface area contributed by atoms with Gasteiger partial charge in [0.1, 0.15) is 11.6 Å². The zero-order valence-corrected chi connectivity index (χ0v) is 8.42. The molecule has 0 unspecified atom stereocenters. The Balaban J connectivity index is 2.71. The minimum absolute atomic E-state index is 0.00852. The molecule has 0 saturated heterocycles. The molecule has 0 aromatic carbocycles. The lowest BCUT2D eigenvalue weighted by Gasteiger charge is -1.99. The normalized spacial score (nSPS) is 10.8. The second-order valence-corrected chi connectivity index (χ2v) is 3.36. The average Bonchev–Trinajstić information content (AvgIpc) is 2.57. The van der Waals surface area contributed by atoms with Gasteiger partial charge >= 0.3 is 5.97 Å². The molecule has 0 aliphatic carbocycles. The Kier molecular flexibility index (Phi) is 2.49. The van der Waals surface area contributed by atoms with E-state index in [1.165, 1.54) is 12.1 Å². The molecule has 0 bridgehead atoms. The highest BCUT2D eigenvalue weighted by Gasteiger charge is 2.16. The van der Waals surface area contributed by atoms with Crippen molar-refractivity contribution in [2.45, 2.75) is 6.42 Å². The highest BCUT2D eigenvalue weighted by atomic mass is 16.4. The third kappa shape index (κ3) is 1.59. The molecule has 2 heterocycles. The van der Waals surface area contributed by atoms with Crippen LogP contribution in [0.1, 0.15) is 16.3 Å². The number of hydrogen-bond donors (Lipinski definition) is 3. The Hall–Kier alpha value is -2.08. The summed E-state index contributed by atoms with van der Waals surface area (Å²) >= 11 is 0. The molecule has 0 aliphatic heterocycles. The number of aromatic carboxylic acids is 1. The molecule has 2 aromatic heterocycles. The van der Waals surface area contributed by atoms with Crippen molar-refractivity contribution in [1.29, 1.82) is 0 Å². The summed E-state index contributed by atoms with van der Waals surface area (Å²) < 4.78 is 1.62. The van der Waals surface area contributed by atoms with Gasteiger partial charge in [-0.25, -0.2) is 9.78 Å². The molecule has 2 aromatic rings. The molecular formula is C10H11N3O3. The zero-order chi connectivity index (χ0) is 11.7. The zero-order valence-electron chi connectivity index (χ0n) is 8.42. The number of rotatable bonds is 3. The van der Waals surface area contributed by atoms with Crippen LogP contribution in [0.2, 0.25) is 0 Å². The topological polar surface area (TPSA) is 101 Å². The first-order valence-corrected chi connectivity index (χ1v) is 4.77. The van der Waals surface area contributed by atoms with Gasteiger partial charge in [-0.2, -0.15) is 0 Å². The van der Waals surface area contributed by atoms with E-state index in [1.54, 1.807) is 10.6 Å². The number of nitrogens with zero attached hydrogens (tertiary/aromatic N) is 2. The van der Waals surface area contributed by atoms with E-state index in [0.29, 0.717) is 24.3 Å². The number of imidazole rings is 1. The summed E-state index contributed by atoms with van der Waals surface area (Å²) in [5.41, 5.74) is 5.72. The quantitative estimate of drug-likeness (QED) is 0.689. The summed E-state index contributed by atoms with van der Waals surface area (Å²) in [7, 11) is 0. The standard InChI is InChI=1S/C10H11N3O3/c11-3-1-8-12-9(10(15)16)7-5-6(14)2-4-13(7)8/h2,4-5,14H,1,3,11H2,(H,15,16). The van der Waals surface area contributed by atoms with Crippen molar-refractivity contribution in [2.24, 2.45) is 5.73 Å². The first kappa shape index (κ1) is 10.4. The van der Waals surface area contributed by atoms with Crippen LogP contribution in [0.4, 0.5) is 0 Å². The maximum atomic E-state index is 11.0. The van der Waals surface area contributed by atoms with E-state index in [9.17, 15) is 9.90 Å². The summed E-state index contributed by atoms with van der Waals surface area (Å²) in [6.07, 6.45) is 2.06. The number of fused-ring (bicyclic) bond motifs is 1. The fourth-order valence-electron chi connectivity index (χ4n) is 1.60. The third-order valence-electron chi connectivity index (χ3n) is 2.27. The number of carboxylic acid groups (broad SMARTS) is 1. The van der Waals surface area contributed by atoms with Crippen molar-refractivity contribution >= 4 is 11.5 Å². The summed E-state index contributed by atoms with van der Waals surface area (Å²) in [5, 5.41) is 18.3. The second kappa shape index (κ2) is 3.82. The van der Waals surface area contributed by atoms with Crippen LogP contribution in [0.15, 0.2) is 18.3 Å². The maximum absolute atomic E-state index is 11.0. The SMILES string of the molecule is NCCc1nc(C(=O)O)c2cc(O)ccn12. The van der Waals surface area contributed by atoms with Crippen LogP contribution >= 0.6 is 0 Å². The molecule has 84 valence electrons. The van der Waals surface area contributed by atoms with Crippen molar-refractivity contribution in [3.63, 3.8) is 0 Å². The predicted octanol–water partition coefficient (Wildman–Crippen LogP) is 0.239. The van der Waals surface area contributed by atoms with Gasteiger partial charge in [-0.15, -0.1) is 0 Å². The van der Waals surface area contributed by atoms with E-state index in [1.807, 2.05) is 0 Å². The van der Waals surface area contributed by atoms with Gasteiger partial charge in [0.05, 0.1) is 5.52 Å². The van der Waals surface area contributed by atoms with E-state index in [4.69, 9.17) is 10.8 Å². The number of pyridine rings is 1. The molecule has 6 nitrogen and oxygen atoms in total. The van der Waals surface area contributed by atoms with Gasteiger partial charge in [0, 0.05) is 18.7 Å². The van der Waals surface area contributed by atoms with Gasteiger partial charge in [-0.3, -0.25) is 0 Å². The first-order chi connectivity index (χ1) is 7.63. The summed E-state index contributed by atoms with van der Waals surface area (Å²) in [5.74, 6) is -0.532. The molecule has 2 rings (SSSR count). The van der Waals surface area contributed by atoms with Gasteiger partial charge in [0.15, 0.2) is 5.69 Å². The highest BCUT2D eigenvalue weighted by molar-refractivity contribution is 5.94. The molecule has 0 spiro atoms. The molecule has 0 saturated carbocycles. The predicted molar refractivity (Wildman–Crippen MR) is 56.6 cm³/mol. The summed E-state index contributed by atoms with van der Waals surface area (Å²) in [6.45, 7) is 0.388. The lowest BCUT2D eigenvalue weighted by molar-refractivity contribution is 0.0693. The van der Waals surface area contributed by atoms with Gasteiger partial charge < -0.3 is 20.3 Å². The van der Waals surface area contributed by atoms with Gasteiger partial charge in [-0.05, 0) is 12.6 Å². The third-order valence-corrected chi connectivity index (χ3v) is 2.27. The van der Waals surface area contributed by atoms with E-state index < -0.39 is 5.97 Å². The number of aromatic hydroxyl groups is 1. The Bertz CT molecular complexity index is 547. The monoisotopic (exact) mass is 221 g/mol. The second-order valence-electron chi connectivity index (χ2n) is 3.36. The largest absolute Gasteiger partial charge is 0.508 e. The van der Waals surface area contributed by atoms with E-state index in [2.05, 4.69) is 4.98 Å². The number of carbonyl (C=O) groups is 1. The minimum Gasteiger partial charge on any atom is -0.508 e. The molecule has 0 atom stereocenters. The molecule has 6 heteroatoms. The molecule has 4 N–H and O–H groups in total. The van der Waals surface area contributed by atoms with Gasteiger partial charge in [-0.1, -0.05) is 0 Å². The van der Waals surface area contributed by atoms with Crippen molar-refractivity contribution < 1.29 is 15.0 Å². The first-order valence-electron chi connectivity index (χ1n) is 4.77. The van der Waals surface area contributed by atoms with E-state index >= 15 is 0 Å². The number of aromatic nitrogens is 2. The van der Waals surface area contributed by atoms with E-state index in [0.717, 1.165) is 0 Å². The van der Waals surface area contributed by atoms with Crippen molar-refractivity contribution in [1.82, 2.24) is 9.38 Å². The van der Waals surface area contributed by atoms with Crippen LogP contribution in [-0.4, -0.2) is 32.1 Å². The molecule has 0 radical (unpaired) electrons. The van der Waals surface area contributed by atoms with Crippen molar-refractivity contribution in [3.05, 3.63) is 29.8 Å². The Morgan fingerprint density at radius 2 is 2.31 bits per heavy atom. The van der Waals surface area contributed by atoms with Crippen LogP contribution in [0.25, 0.3) is 5.52 Å². The summed E-state index contributed by atoms with van der Waals surface area (Å²) in [6, 6.07) is 2.84. The lowest BCUT2D eigenvalue weighted by atomic mass is 10.3. The maximum Gasteiger partial charge on any atom is 0.356 e. The molecule has 16 heavy (non-hydrogen) atoms. The fraction of sp³-hybridized carbons (Fsp3) is 0.200. The van der Waals surface area contributed by atoms with Gasteiger partial charge in [0.25, 0.3) is 0 Å². The molecular weight excluding hydrogens is 210 g/mol. The van der Waals surface area contributed by atoms with Crippen LogP contribution in [-0.2, 0) is 6.42 Å².